The maximum absolute atomic E-state index is 12.1. The molecule has 3 atom stereocenters. The van der Waals surface area contributed by atoms with Crippen molar-refractivity contribution in [3.63, 3.8) is 0 Å². The van der Waals surface area contributed by atoms with Crippen LogP contribution in [0.4, 0.5) is 10.5 Å². The first-order chi connectivity index (χ1) is 11.7. The number of amides is 4. The molecule has 0 unspecified atom stereocenters. The first-order valence-electron chi connectivity index (χ1n) is 8.47. The van der Waals surface area contributed by atoms with Gasteiger partial charge in [0.25, 0.3) is 0 Å². The molecule has 138 valence electrons. The Morgan fingerprint density at radius 3 is 2.32 bits per heavy atom. The van der Waals surface area contributed by atoms with Crippen molar-refractivity contribution in [2.24, 2.45) is 0 Å². The van der Waals surface area contributed by atoms with E-state index in [4.69, 9.17) is 0 Å². The Balaban J connectivity index is 2.58. The molecule has 7 heteroatoms. The molecule has 0 aliphatic heterocycles. The molecule has 0 radical (unpaired) electrons. The highest BCUT2D eigenvalue weighted by molar-refractivity contribution is 5.89. The van der Waals surface area contributed by atoms with Crippen LogP contribution in [-0.2, 0) is 9.59 Å². The smallest absolute Gasteiger partial charge is 0.315 e. The lowest BCUT2D eigenvalue weighted by Gasteiger charge is -2.20. The van der Waals surface area contributed by atoms with Crippen molar-refractivity contribution >= 4 is 23.5 Å². The Morgan fingerprint density at radius 2 is 1.72 bits per heavy atom. The highest BCUT2D eigenvalue weighted by Gasteiger charge is 2.18. The summed E-state index contributed by atoms with van der Waals surface area (Å²) in [6.45, 7) is 8.80. The van der Waals surface area contributed by atoms with E-state index in [-0.39, 0.29) is 23.9 Å². The quantitative estimate of drug-likeness (QED) is 0.608. The fourth-order valence-electron chi connectivity index (χ4n) is 2.14. The van der Waals surface area contributed by atoms with Gasteiger partial charge in [0.1, 0.15) is 6.04 Å². The molecule has 0 bridgehead atoms. The summed E-state index contributed by atoms with van der Waals surface area (Å²) < 4.78 is 0. The van der Waals surface area contributed by atoms with Gasteiger partial charge in [-0.15, -0.1) is 0 Å². The number of nitrogens with one attached hydrogen (secondary N) is 4. The monoisotopic (exact) mass is 348 g/mol. The van der Waals surface area contributed by atoms with Crippen molar-refractivity contribution in [2.75, 3.05) is 5.32 Å². The van der Waals surface area contributed by atoms with Crippen molar-refractivity contribution in [2.45, 2.75) is 59.2 Å². The van der Waals surface area contributed by atoms with Crippen LogP contribution in [0.5, 0.6) is 0 Å². The molecule has 0 saturated heterocycles. The molecule has 0 heterocycles. The van der Waals surface area contributed by atoms with Gasteiger partial charge in [0.05, 0.1) is 6.04 Å². The third kappa shape index (κ3) is 7.24. The van der Waals surface area contributed by atoms with Crippen LogP contribution in [-0.4, -0.2) is 29.9 Å². The number of rotatable bonds is 7. The molecule has 0 aliphatic rings. The number of urea groups is 1. The second kappa shape index (κ2) is 9.66. The van der Waals surface area contributed by atoms with Gasteiger partial charge in [0.15, 0.2) is 0 Å². The van der Waals surface area contributed by atoms with Gasteiger partial charge < -0.3 is 21.3 Å². The van der Waals surface area contributed by atoms with Crippen molar-refractivity contribution in [3.8, 4) is 0 Å². The van der Waals surface area contributed by atoms with Crippen molar-refractivity contribution in [3.05, 3.63) is 29.8 Å². The summed E-state index contributed by atoms with van der Waals surface area (Å²) in [4.78, 5) is 35.2. The minimum atomic E-state index is -0.632. The van der Waals surface area contributed by atoms with Crippen LogP contribution in [0, 0.1) is 0 Å². The van der Waals surface area contributed by atoms with Gasteiger partial charge in [0, 0.05) is 18.7 Å². The van der Waals surface area contributed by atoms with E-state index in [0.29, 0.717) is 5.69 Å². The summed E-state index contributed by atoms with van der Waals surface area (Å²) in [5.41, 5.74) is 1.51. The van der Waals surface area contributed by atoms with Crippen LogP contribution in [0.25, 0.3) is 0 Å². The van der Waals surface area contributed by atoms with E-state index in [1.165, 1.54) is 6.92 Å². The maximum Gasteiger partial charge on any atom is 0.315 e. The van der Waals surface area contributed by atoms with Crippen LogP contribution in [0.3, 0.4) is 0 Å². The van der Waals surface area contributed by atoms with Crippen molar-refractivity contribution < 1.29 is 14.4 Å². The zero-order valence-corrected chi connectivity index (χ0v) is 15.5. The van der Waals surface area contributed by atoms with Crippen molar-refractivity contribution in [1.29, 1.82) is 0 Å². The average Bonchev–Trinajstić information content (AvgIpc) is 2.53. The van der Waals surface area contributed by atoms with Gasteiger partial charge in [-0.05, 0) is 44.9 Å². The van der Waals surface area contributed by atoms with E-state index < -0.39 is 12.1 Å². The summed E-state index contributed by atoms with van der Waals surface area (Å²) in [6.07, 6.45) is 0.826. The average molecular weight is 348 g/mol. The molecule has 0 aliphatic carbocycles. The number of benzene rings is 1. The van der Waals surface area contributed by atoms with Crippen LogP contribution < -0.4 is 21.3 Å². The summed E-state index contributed by atoms with van der Waals surface area (Å²) in [5, 5.41) is 10.9. The number of anilines is 1. The molecule has 1 aromatic rings. The van der Waals surface area contributed by atoms with Gasteiger partial charge in [0.2, 0.25) is 11.8 Å². The summed E-state index contributed by atoms with van der Waals surface area (Å²) >= 11 is 0. The first kappa shape index (κ1) is 20.5. The van der Waals surface area contributed by atoms with Crippen LogP contribution in [0.2, 0.25) is 0 Å². The first-order valence-corrected chi connectivity index (χ1v) is 8.47. The van der Waals surface area contributed by atoms with E-state index >= 15 is 0 Å². The largest absolute Gasteiger partial charge is 0.352 e. The third-order valence-electron chi connectivity index (χ3n) is 3.80. The molecule has 0 spiro atoms. The summed E-state index contributed by atoms with van der Waals surface area (Å²) in [6, 6.07) is 5.96. The lowest BCUT2D eigenvalue weighted by molar-refractivity contribution is -0.123. The molecule has 4 amide bonds. The van der Waals surface area contributed by atoms with Crippen LogP contribution in [0.1, 0.15) is 52.6 Å². The topological polar surface area (TPSA) is 99.3 Å². The molecular formula is C18H28N4O3. The molecular weight excluding hydrogens is 320 g/mol. The Kier molecular flexibility index (Phi) is 7.91. The summed E-state index contributed by atoms with van der Waals surface area (Å²) in [5.74, 6) is -0.374. The van der Waals surface area contributed by atoms with E-state index in [1.54, 1.807) is 25.1 Å². The molecule has 0 aromatic heterocycles. The van der Waals surface area contributed by atoms with Crippen LogP contribution in [0.15, 0.2) is 24.3 Å². The normalized spacial score (nSPS) is 14.0. The van der Waals surface area contributed by atoms with Crippen LogP contribution >= 0.6 is 0 Å². The van der Waals surface area contributed by atoms with Gasteiger partial charge in [-0.3, -0.25) is 9.59 Å². The number of carbonyl (C=O) groups excluding carboxylic acids is 3. The molecule has 0 fully saturated rings. The molecule has 4 N–H and O–H groups in total. The van der Waals surface area contributed by atoms with E-state index in [9.17, 15) is 14.4 Å². The maximum atomic E-state index is 12.1. The Morgan fingerprint density at radius 1 is 1.04 bits per heavy atom. The molecule has 7 nitrogen and oxygen atoms in total. The van der Waals surface area contributed by atoms with E-state index in [2.05, 4.69) is 21.3 Å². The van der Waals surface area contributed by atoms with Gasteiger partial charge >= 0.3 is 6.03 Å². The Bertz CT molecular complexity index is 618. The van der Waals surface area contributed by atoms with Crippen molar-refractivity contribution in [1.82, 2.24) is 16.0 Å². The fraction of sp³-hybridized carbons (Fsp3) is 0.500. The number of carbonyl (C=O) groups is 3. The highest BCUT2D eigenvalue weighted by atomic mass is 16.2. The molecule has 0 saturated carbocycles. The van der Waals surface area contributed by atoms with Gasteiger partial charge in [-0.2, -0.15) is 0 Å². The molecule has 25 heavy (non-hydrogen) atoms. The predicted octanol–water partition coefficient (Wildman–Crippen LogP) is 2.31. The summed E-state index contributed by atoms with van der Waals surface area (Å²) in [7, 11) is 0. The van der Waals surface area contributed by atoms with E-state index in [0.717, 1.165) is 12.0 Å². The molecule has 1 rings (SSSR count). The minimum Gasteiger partial charge on any atom is -0.352 e. The van der Waals surface area contributed by atoms with Gasteiger partial charge in [-0.25, -0.2) is 4.79 Å². The third-order valence-corrected chi connectivity index (χ3v) is 3.80. The predicted molar refractivity (Wildman–Crippen MR) is 98.2 cm³/mol. The second-order valence-corrected chi connectivity index (χ2v) is 6.19. The SMILES string of the molecule is CC[C@H](C)NC(=O)[C@@H](C)NC(=O)N[C@@H](C)c1cccc(NC(C)=O)c1. The lowest BCUT2D eigenvalue weighted by atomic mass is 10.1. The zero-order valence-electron chi connectivity index (χ0n) is 15.5. The molecule has 1 aromatic carbocycles. The lowest BCUT2D eigenvalue weighted by Crippen LogP contribution is -2.50. The minimum absolute atomic E-state index is 0.0650. The fourth-order valence-corrected chi connectivity index (χ4v) is 2.14. The number of hydrogen-bond acceptors (Lipinski definition) is 3. The van der Waals surface area contributed by atoms with E-state index in [1.807, 2.05) is 26.8 Å². The number of hydrogen-bond donors (Lipinski definition) is 4. The zero-order chi connectivity index (χ0) is 19.0. The Labute approximate surface area is 148 Å². The Hall–Kier alpha value is -2.57. The standard InChI is InChI=1S/C18H28N4O3/c1-6-11(2)19-17(24)13(4)21-18(25)20-12(3)15-8-7-9-16(10-15)22-14(5)23/h7-13H,6H2,1-5H3,(H,19,24)(H,22,23)(H2,20,21,25)/t11-,12-,13+/m0/s1. The second-order valence-electron chi connectivity index (χ2n) is 6.19. The highest BCUT2D eigenvalue weighted by Crippen LogP contribution is 2.17. The van der Waals surface area contributed by atoms with Gasteiger partial charge in [-0.1, -0.05) is 19.1 Å².